The van der Waals surface area contributed by atoms with Gasteiger partial charge in [-0.25, -0.2) is 0 Å². The van der Waals surface area contributed by atoms with E-state index in [2.05, 4.69) is 11.9 Å². The smallest absolute Gasteiger partial charge is 0.264 e. The van der Waals surface area contributed by atoms with Crippen molar-refractivity contribution in [2.45, 2.75) is 64.2 Å². The maximum Gasteiger partial charge on any atom is 0.264 e. The first-order valence-corrected chi connectivity index (χ1v) is 9.39. The lowest BCUT2D eigenvalue weighted by Gasteiger charge is -2.05. The summed E-state index contributed by atoms with van der Waals surface area (Å²) in [5, 5.41) is 2.76. The Hall–Kier alpha value is -0.880. The first-order valence-electron chi connectivity index (χ1n) is 7.78. The van der Waals surface area contributed by atoms with Gasteiger partial charge in [-0.3, -0.25) is 9.35 Å². The topological polar surface area (TPSA) is 83.5 Å². The Morgan fingerprint density at radius 1 is 1.00 bits per heavy atom. The maximum atomic E-state index is 11.5. The minimum absolute atomic E-state index is 0.0218. The summed E-state index contributed by atoms with van der Waals surface area (Å²) < 4.78 is 29.5. The van der Waals surface area contributed by atoms with Gasteiger partial charge in [0.15, 0.2) is 0 Å². The molecule has 0 saturated heterocycles. The second kappa shape index (κ2) is 12.8. The van der Waals surface area contributed by atoms with Gasteiger partial charge in [0.05, 0.1) is 5.75 Å². The summed E-state index contributed by atoms with van der Waals surface area (Å²) in [6.45, 7) is 4.16. The summed E-state index contributed by atoms with van der Waals surface area (Å²) in [7, 11) is -3.87. The van der Waals surface area contributed by atoms with Crippen LogP contribution in [-0.4, -0.2) is 31.2 Å². The first kappa shape index (κ1) is 20.1. The summed E-state index contributed by atoms with van der Waals surface area (Å²) in [6.07, 6.45) is 11.3. The molecule has 124 valence electrons. The number of hydrogen-bond donors (Lipinski definition) is 2. The number of nitrogens with one attached hydrogen (secondary N) is 1. The Morgan fingerprint density at radius 3 is 2.24 bits per heavy atom. The molecule has 0 atom stereocenters. The summed E-state index contributed by atoms with van der Waals surface area (Å²) >= 11 is 0. The van der Waals surface area contributed by atoms with Crippen molar-refractivity contribution < 1.29 is 17.8 Å². The molecule has 1 amide bonds. The van der Waals surface area contributed by atoms with Crippen molar-refractivity contribution >= 4 is 16.0 Å². The van der Waals surface area contributed by atoms with Gasteiger partial charge in [0.2, 0.25) is 5.91 Å². The number of allylic oxidation sites excluding steroid dienone is 1. The number of hydrogen-bond acceptors (Lipinski definition) is 3. The lowest BCUT2D eigenvalue weighted by atomic mass is 10.1. The van der Waals surface area contributed by atoms with Gasteiger partial charge in [0.25, 0.3) is 10.1 Å². The average Bonchev–Trinajstić information content (AvgIpc) is 2.40. The number of carbonyl (C=O) groups is 1. The Balaban J connectivity index is 3.29. The molecule has 2 N–H and O–H groups in total. The van der Waals surface area contributed by atoms with E-state index in [1.807, 2.05) is 6.08 Å². The van der Waals surface area contributed by atoms with E-state index in [0.717, 1.165) is 19.3 Å². The van der Waals surface area contributed by atoms with Gasteiger partial charge in [-0.1, -0.05) is 31.8 Å². The van der Waals surface area contributed by atoms with E-state index in [0.29, 0.717) is 25.8 Å². The fourth-order valence-electron chi connectivity index (χ4n) is 2.01. The molecule has 0 aromatic heterocycles. The monoisotopic (exact) mass is 319 g/mol. The molecule has 0 bridgehead atoms. The zero-order valence-electron chi connectivity index (χ0n) is 12.8. The van der Waals surface area contributed by atoms with E-state index < -0.39 is 10.1 Å². The second-order valence-corrected chi connectivity index (χ2v) is 6.86. The summed E-state index contributed by atoms with van der Waals surface area (Å²) in [6, 6.07) is 0. The van der Waals surface area contributed by atoms with E-state index in [1.165, 1.54) is 25.7 Å². The molecule has 0 saturated carbocycles. The van der Waals surface area contributed by atoms with Gasteiger partial charge in [-0.2, -0.15) is 8.42 Å². The highest BCUT2D eigenvalue weighted by Gasteiger charge is 2.04. The third-order valence-corrected chi connectivity index (χ3v) is 4.02. The van der Waals surface area contributed by atoms with Crippen molar-refractivity contribution in [1.29, 1.82) is 0 Å². The van der Waals surface area contributed by atoms with E-state index in [4.69, 9.17) is 4.55 Å². The molecule has 0 fully saturated rings. The molecule has 0 aliphatic carbocycles. The first-order chi connectivity index (χ1) is 9.95. The molecule has 0 aliphatic heterocycles. The third kappa shape index (κ3) is 17.1. The van der Waals surface area contributed by atoms with Crippen molar-refractivity contribution in [1.82, 2.24) is 5.32 Å². The van der Waals surface area contributed by atoms with E-state index >= 15 is 0 Å². The number of carbonyl (C=O) groups excluding carboxylic acids is 1. The second-order valence-electron chi connectivity index (χ2n) is 5.29. The van der Waals surface area contributed by atoms with E-state index in [-0.39, 0.29) is 11.7 Å². The summed E-state index contributed by atoms with van der Waals surface area (Å²) in [5.74, 6) is -0.220. The molecular weight excluding hydrogens is 290 g/mol. The van der Waals surface area contributed by atoms with Gasteiger partial charge in [0, 0.05) is 13.0 Å². The maximum absolute atomic E-state index is 11.5. The average molecular weight is 319 g/mol. The molecule has 0 unspecified atom stereocenters. The molecule has 0 aromatic rings. The zero-order chi connectivity index (χ0) is 16.0. The van der Waals surface area contributed by atoms with Crippen molar-refractivity contribution in [3.63, 3.8) is 0 Å². The normalized spacial score (nSPS) is 11.3. The molecule has 0 heterocycles. The van der Waals surface area contributed by atoms with Crippen LogP contribution in [0.25, 0.3) is 0 Å². The van der Waals surface area contributed by atoms with Crippen LogP contribution in [0.15, 0.2) is 12.7 Å². The molecule has 0 aliphatic rings. The van der Waals surface area contributed by atoms with Crippen LogP contribution in [0.1, 0.15) is 64.2 Å². The molecule has 6 heteroatoms. The molecule has 0 radical (unpaired) electrons. The Bertz CT molecular complexity index is 379. The molecule has 0 aromatic carbocycles. The van der Waals surface area contributed by atoms with Crippen LogP contribution in [0.4, 0.5) is 0 Å². The fourth-order valence-corrected chi connectivity index (χ4v) is 2.58. The lowest BCUT2D eigenvalue weighted by molar-refractivity contribution is -0.121. The molecule has 0 rings (SSSR count). The SMILES string of the molecule is C=CCCCCCCCCC(=O)NCCCCS(=O)(=O)O. The van der Waals surface area contributed by atoms with Crippen LogP contribution in [0, 0.1) is 0 Å². The van der Waals surface area contributed by atoms with E-state index in [1.54, 1.807) is 0 Å². The molecular formula is C15H29NO4S. The number of unbranched alkanes of at least 4 members (excludes halogenated alkanes) is 7. The van der Waals surface area contributed by atoms with Crippen LogP contribution in [-0.2, 0) is 14.9 Å². The summed E-state index contributed by atoms with van der Waals surface area (Å²) in [4.78, 5) is 11.5. The third-order valence-electron chi connectivity index (χ3n) is 3.21. The Morgan fingerprint density at radius 2 is 1.62 bits per heavy atom. The van der Waals surface area contributed by atoms with Crippen LogP contribution < -0.4 is 5.32 Å². The van der Waals surface area contributed by atoms with Crippen LogP contribution in [0.3, 0.4) is 0 Å². The van der Waals surface area contributed by atoms with Gasteiger partial charge in [-0.05, 0) is 32.1 Å². The fraction of sp³-hybridized carbons (Fsp3) is 0.800. The van der Waals surface area contributed by atoms with Crippen molar-refractivity contribution in [3.8, 4) is 0 Å². The van der Waals surface area contributed by atoms with Crippen LogP contribution in [0.5, 0.6) is 0 Å². The predicted molar refractivity (Wildman–Crippen MR) is 85.8 cm³/mol. The highest BCUT2D eigenvalue weighted by Crippen LogP contribution is 2.08. The van der Waals surface area contributed by atoms with Crippen molar-refractivity contribution in [2.24, 2.45) is 0 Å². The van der Waals surface area contributed by atoms with Gasteiger partial charge >= 0.3 is 0 Å². The van der Waals surface area contributed by atoms with Gasteiger partial charge in [0.1, 0.15) is 0 Å². The molecule has 21 heavy (non-hydrogen) atoms. The van der Waals surface area contributed by atoms with Crippen LogP contribution in [0.2, 0.25) is 0 Å². The highest BCUT2D eigenvalue weighted by atomic mass is 32.2. The van der Waals surface area contributed by atoms with E-state index in [9.17, 15) is 13.2 Å². The van der Waals surface area contributed by atoms with Crippen molar-refractivity contribution in [3.05, 3.63) is 12.7 Å². The van der Waals surface area contributed by atoms with Crippen LogP contribution >= 0.6 is 0 Å². The minimum atomic E-state index is -3.87. The quantitative estimate of drug-likeness (QED) is 0.293. The Kier molecular flexibility index (Phi) is 12.3. The molecule has 0 spiro atoms. The standard InChI is InChI=1S/C15H29NO4S/c1-2-3-4-5-6-7-8-9-12-15(17)16-13-10-11-14-21(18,19)20/h2H,1,3-14H2,(H,16,17)(H,18,19,20). The Labute approximate surface area is 128 Å². The number of rotatable bonds is 14. The minimum Gasteiger partial charge on any atom is -0.356 e. The zero-order valence-corrected chi connectivity index (χ0v) is 13.7. The lowest BCUT2D eigenvalue weighted by Crippen LogP contribution is -2.24. The largest absolute Gasteiger partial charge is 0.356 e. The van der Waals surface area contributed by atoms with Gasteiger partial charge in [-0.15, -0.1) is 6.58 Å². The number of amides is 1. The predicted octanol–water partition coefficient (Wildman–Crippen LogP) is 3.08. The highest BCUT2D eigenvalue weighted by molar-refractivity contribution is 7.85. The molecule has 5 nitrogen and oxygen atoms in total. The summed E-state index contributed by atoms with van der Waals surface area (Å²) in [5.41, 5.74) is 0. The van der Waals surface area contributed by atoms with Gasteiger partial charge < -0.3 is 5.32 Å². The van der Waals surface area contributed by atoms with Crippen molar-refractivity contribution in [2.75, 3.05) is 12.3 Å².